The minimum atomic E-state index is -4.17. The second-order valence-corrected chi connectivity index (χ2v) is 3.80. The fraction of sp³-hybridized carbons (Fsp3) is 0.214. The molecule has 0 aliphatic carbocycles. The summed E-state index contributed by atoms with van der Waals surface area (Å²) in [6.45, 7) is -1.37. The quantitative estimate of drug-likeness (QED) is 0.331. The van der Waals surface area contributed by atoms with Crippen LogP contribution in [0.2, 0.25) is 0 Å². The fourth-order valence-electron chi connectivity index (χ4n) is 1.19. The van der Waals surface area contributed by atoms with Crippen LogP contribution in [0.15, 0.2) is 42.5 Å². The molecule has 1 aromatic carbocycles. The molecular weight excluding hydrogens is 276 g/mol. The van der Waals surface area contributed by atoms with Crippen molar-refractivity contribution in [1.29, 1.82) is 0 Å². The summed E-state index contributed by atoms with van der Waals surface area (Å²) in [6, 6.07) is 5.93. The molecule has 0 unspecified atom stereocenters. The van der Waals surface area contributed by atoms with E-state index in [2.05, 4.69) is 4.74 Å². The van der Waals surface area contributed by atoms with E-state index in [0.717, 1.165) is 5.56 Å². The highest BCUT2D eigenvalue weighted by molar-refractivity contribution is 5.66. The summed E-state index contributed by atoms with van der Waals surface area (Å²) in [5, 5.41) is 0. The Kier molecular flexibility index (Phi) is 5.96. The van der Waals surface area contributed by atoms with Gasteiger partial charge >= 0.3 is 12.3 Å². The maximum Gasteiger partial charge on any atom is 0.340 e. The van der Waals surface area contributed by atoms with Gasteiger partial charge in [-0.1, -0.05) is 30.4 Å². The third-order valence-electron chi connectivity index (χ3n) is 2.22. The Morgan fingerprint density at radius 1 is 1.10 bits per heavy atom. The van der Waals surface area contributed by atoms with Gasteiger partial charge in [-0.2, -0.15) is 8.78 Å². The van der Waals surface area contributed by atoms with Crippen molar-refractivity contribution in [2.45, 2.75) is 12.3 Å². The second-order valence-electron chi connectivity index (χ2n) is 3.80. The number of alkyl halides is 4. The van der Waals surface area contributed by atoms with E-state index >= 15 is 0 Å². The van der Waals surface area contributed by atoms with Gasteiger partial charge in [-0.3, -0.25) is 4.79 Å². The summed E-state index contributed by atoms with van der Waals surface area (Å²) >= 11 is 0. The lowest BCUT2D eigenvalue weighted by Crippen LogP contribution is -2.33. The maximum absolute atomic E-state index is 12.6. The lowest BCUT2D eigenvalue weighted by atomic mass is 10.2. The highest BCUT2D eigenvalue weighted by atomic mass is 19.3. The topological polar surface area (TPSA) is 26.3 Å². The van der Waals surface area contributed by atoms with Crippen LogP contribution in [0.3, 0.4) is 0 Å². The Bertz CT molecular complexity index is 478. The Labute approximate surface area is 113 Å². The van der Waals surface area contributed by atoms with E-state index in [9.17, 15) is 22.4 Å². The first-order valence-corrected chi connectivity index (χ1v) is 5.63. The van der Waals surface area contributed by atoms with Gasteiger partial charge < -0.3 is 4.74 Å². The fourth-order valence-corrected chi connectivity index (χ4v) is 1.19. The Hall–Kier alpha value is -2.11. The number of aldehydes is 1. The van der Waals surface area contributed by atoms with Gasteiger partial charge in [-0.25, -0.2) is 8.78 Å². The normalized spacial score (nSPS) is 12.4. The zero-order valence-electron chi connectivity index (χ0n) is 10.3. The molecule has 1 rings (SSSR count). The minimum absolute atomic E-state index is 0.0749. The molecule has 20 heavy (non-hydrogen) atoms. The molecule has 108 valence electrons. The first-order valence-electron chi connectivity index (χ1n) is 5.63. The number of halogens is 4. The van der Waals surface area contributed by atoms with Crippen molar-refractivity contribution in [2.75, 3.05) is 6.61 Å². The highest BCUT2D eigenvalue weighted by Crippen LogP contribution is 2.24. The van der Waals surface area contributed by atoms with Crippen LogP contribution < -0.4 is 4.74 Å². The summed E-state index contributed by atoms with van der Waals surface area (Å²) in [6.07, 6.45) is 3.01. The zero-order valence-corrected chi connectivity index (χ0v) is 10.3. The summed E-state index contributed by atoms with van der Waals surface area (Å²) in [7, 11) is 0. The SMILES string of the molecule is O=C/C=C/C=C/c1ccc(OCC(F)(F)C(F)F)cc1. The number of hydrogen-bond donors (Lipinski definition) is 0. The number of carbonyl (C=O) groups excluding carboxylic acids is 1. The van der Waals surface area contributed by atoms with Gasteiger partial charge in [0.05, 0.1) is 0 Å². The molecule has 0 saturated heterocycles. The average Bonchev–Trinajstić information content (AvgIpc) is 2.42. The molecule has 0 saturated carbocycles. The van der Waals surface area contributed by atoms with Crippen LogP contribution in [0.1, 0.15) is 5.56 Å². The lowest BCUT2D eigenvalue weighted by Gasteiger charge is -2.15. The molecule has 0 heterocycles. The molecule has 0 fully saturated rings. The highest BCUT2D eigenvalue weighted by Gasteiger charge is 2.41. The Morgan fingerprint density at radius 2 is 1.75 bits per heavy atom. The van der Waals surface area contributed by atoms with Crippen molar-refractivity contribution in [3.8, 4) is 5.75 Å². The third-order valence-corrected chi connectivity index (χ3v) is 2.22. The van der Waals surface area contributed by atoms with E-state index in [1.807, 2.05) is 0 Å². The number of carbonyl (C=O) groups is 1. The van der Waals surface area contributed by atoms with E-state index in [1.165, 1.54) is 24.3 Å². The van der Waals surface area contributed by atoms with E-state index < -0.39 is 19.0 Å². The molecule has 0 aliphatic heterocycles. The summed E-state index contributed by atoms with van der Waals surface area (Å²) in [5.74, 6) is -4.09. The second kappa shape index (κ2) is 7.47. The molecule has 0 atom stereocenters. The number of benzene rings is 1. The average molecular weight is 288 g/mol. The third kappa shape index (κ3) is 5.26. The van der Waals surface area contributed by atoms with Gasteiger partial charge in [-0.15, -0.1) is 0 Å². The van der Waals surface area contributed by atoms with Gasteiger partial charge in [0.15, 0.2) is 6.61 Å². The number of hydrogen-bond acceptors (Lipinski definition) is 2. The van der Waals surface area contributed by atoms with E-state index in [4.69, 9.17) is 0 Å². The smallest absolute Gasteiger partial charge is 0.340 e. The van der Waals surface area contributed by atoms with Gasteiger partial charge in [0.1, 0.15) is 12.0 Å². The van der Waals surface area contributed by atoms with E-state index in [1.54, 1.807) is 24.3 Å². The molecule has 0 aromatic heterocycles. The molecule has 6 heteroatoms. The minimum Gasteiger partial charge on any atom is -0.487 e. The van der Waals surface area contributed by atoms with E-state index in [-0.39, 0.29) is 5.75 Å². The van der Waals surface area contributed by atoms with Crippen molar-refractivity contribution >= 4 is 12.4 Å². The zero-order chi connectivity index (χ0) is 15.0. The van der Waals surface area contributed by atoms with Crippen molar-refractivity contribution < 1.29 is 27.1 Å². The Morgan fingerprint density at radius 3 is 2.30 bits per heavy atom. The summed E-state index contributed by atoms with van der Waals surface area (Å²) < 4.78 is 53.7. The molecule has 0 radical (unpaired) electrons. The number of allylic oxidation sites excluding steroid dienone is 3. The number of ether oxygens (including phenoxy) is 1. The molecule has 1 aromatic rings. The van der Waals surface area contributed by atoms with Gasteiger partial charge in [0.25, 0.3) is 0 Å². The predicted octanol–water partition coefficient (Wildman–Crippen LogP) is 3.73. The molecular formula is C14H12F4O2. The molecule has 0 amide bonds. The van der Waals surface area contributed by atoms with Crippen LogP contribution in [-0.2, 0) is 4.79 Å². The Balaban J connectivity index is 2.57. The molecule has 0 aliphatic rings. The van der Waals surface area contributed by atoms with Crippen LogP contribution in [0.5, 0.6) is 5.75 Å². The van der Waals surface area contributed by atoms with Gasteiger partial charge in [0, 0.05) is 0 Å². The first-order chi connectivity index (χ1) is 9.45. The largest absolute Gasteiger partial charge is 0.487 e. The summed E-state index contributed by atoms with van der Waals surface area (Å²) in [5.41, 5.74) is 0.744. The lowest BCUT2D eigenvalue weighted by molar-refractivity contribution is -0.148. The van der Waals surface area contributed by atoms with Gasteiger partial charge in [0.2, 0.25) is 0 Å². The predicted molar refractivity (Wildman–Crippen MR) is 67.1 cm³/mol. The van der Waals surface area contributed by atoms with Crippen LogP contribution in [0.4, 0.5) is 17.6 Å². The molecule has 2 nitrogen and oxygen atoms in total. The van der Waals surface area contributed by atoms with Crippen LogP contribution in [0.25, 0.3) is 6.08 Å². The number of rotatable bonds is 7. The molecule has 0 bridgehead atoms. The molecule has 0 spiro atoms. The van der Waals surface area contributed by atoms with E-state index in [0.29, 0.717) is 6.29 Å². The monoisotopic (exact) mass is 288 g/mol. The van der Waals surface area contributed by atoms with Crippen LogP contribution in [0, 0.1) is 0 Å². The molecule has 0 N–H and O–H groups in total. The van der Waals surface area contributed by atoms with Crippen molar-refractivity contribution in [3.63, 3.8) is 0 Å². The standard InChI is InChI=1S/C14H12F4O2/c15-13(16)14(17,18)10-20-12-7-5-11(6-8-12)4-2-1-3-9-19/h1-9,13H,10H2/b3-1+,4-2+. The van der Waals surface area contributed by atoms with Crippen molar-refractivity contribution in [2.24, 2.45) is 0 Å². The van der Waals surface area contributed by atoms with Crippen LogP contribution >= 0.6 is 0 Å². The van der Waals surface area contributed by atoms with Crippen molar-refractivity contribution in [3.05, 3.63) is 48.1 Å². The first kappa shape index (κ1) is 15.9. The van der Waals surface area contributed by atoms with Crippen LogP contribution in [-0.4, -0.2) is 25.2 Å². The maximum atomic E-state index is 12.6. The van der Waals surface area contributed by atoms with Crippen molar-refractivity contribution in [1.82, 2.24) is 0 Å². The van der Waals surface area contributed by atoms with Gasteiger partial charge in [-0.05, 0) is 23.8 Å². The summed E-state index contributed by atoms with van der Waals surface area (Å²) in [4.78, 5) is 10.0.